The molecule has 4 nitrogen and oxygen atoms in total. The first-order chi connectivity index (χ1) is 3.65. The van der Waals surface area contributed by atoms with Crippen molar-refractivity contribution >= 4 is 12.3 Å². The second-order valence-electron chi connectivity index (χ2n) is 0.977. The van der Waals surface area contributed by atoms with Gasteiger partial charge in [0.1, 0.15) is 6.29 Å². The Labute approximate surface area is 47.8 Å². The van der Waals surface area contributed by atoms with E-state index in [1.807, 2.05) is 6.92 Å². The second kappa shape index (κ2) is 9.34. The first-order valence-electron chi connectivity index (χ1n) is 2.13. The second-order valence-corrected chi connectivity index (χ2v) is 0.977. The van der Waals surface area contributed by atoms with E-state index in [2.05, 4.69) is 11.5 Å². The molecule has 0 aliphatic carbocycles. The highest BCUT2D eigenvalue weighted by Crippen LogP contribution is 1.53. The van der Waals surface area contributed by atoms with E-state index in [1.54, 1.807) is 0 Å². The van der Waals surface area contributed by atoms with E-state index in [0.29, 0.717) is 6.42 Å². The topological polar surface area (TPSA) is 86.2 Å². The molecule has 0 saturated carbocycles. The average Bonchev–Trinajstić information content (AvgIpc) is 1.65. The van der Waals surface area contributed by atoms with E-state index in [0.717, 1.165) is 6.29 Å². The van der Waals surface area contributed by atoms with E-state index >= 15 is 0 Å². The van der Waals surface area contributed by atoms with Gasteiger partial charge in [-0.25, -0.2) is 4.79 Å². The summed E-state index contributed by atoms with van der Waals surface area (Å²) in [6, 6.07) is -0.833. The lowest BCUT2D eigenvalue weighted by molar-refractivity contribution is -0.107. The lowest BCUT2D eigenvalue weighted by atomic mass is 10.6. The highest BCUT2D eigenvalue weighted by Gasteiger charge is 1.60. The van der Waals surface area contributed by atoms with Crippen molar-refractivity contribution < 1.29 is 9.59 Å². The van der Waals surface area contributed by atoms with E-state index in [9.17, 15) is 4.79 Å². The van der Waals surface area contributed by atoms with E-state index in [1.165, 1.54) is 0 Å². The Morgan fingerprint density at radius 1 is 1.62 bits per heavy atom. The van der Waals surface area contributed by atoms with Gasteiger partial charge in [0.25, 0.3) is 0 Å². The molecule has 0 aromatic rings. The van der Waals surface area contributed by atoms with Gasteiger partial charge in [-0.1, -0.05) is 6.92 Å². The zero-order valence-corrected chi connectivity index (χ0v) is 4.76. The Morgan fingerprint density at radius 3 is 1.75 bits per heavy atom. The number of hydrogen-bond donors (Lipinski definition) is 2. The van der Waals surface area contributed by atoms with Gasteiger partial charge >= 0.3 is 6.03 Å². The standard InChI is InChI=1S/C3H6O.CH4N2O/c1-2-3-4;2-1(3)4/h3H,2H2,1H3;(H4,2,3,4). The summed E-state index contributed by atoms with van der Waals surface area (Å²) >= 11 is 0. The van der Waals surface area contributed by atoms with Gasteiger partial charge in [0.05, 0.1) is 0 Å². The number of primary amides is 2. The fourth-order valence-corrected chi connectivity index (χ4v) is 0. The quantitative estimate of drug-likeness (QED) is 0.460. The third-order valence-electron chi connectivity index (χ3n) is 0.167. The van der Waals surface area contributed by atoms with Gasteiger partial charge in [-0.05, 0) is 0 Å². The zero-order chi connectivity index (χ0) is 6.99. The number of rotatable bonds is 1. The number of hydrogen-bond acceptors (Lipinski definition) is 2. The van der Waals surface area contributed by atoms with Crippen LogP contribution >= 0.6 is 0 Å². The van der Waals surface area contributed by atoms with Crippen LogP contribution in [0.3, 0.4) is 0 Å². The summed E-state index contributed by atoms with van der Waals surface area (Å²) in [6.45, 7) is 1.81. The molecule has 0 heterocycles. The molecule has 2 amide bonds. The van der Waals surface area contributed by atoms with Crippen molar-refractivity contribution in [2.24, 2.45) is 11.5 Å². The van der Waals surface area contributed by atoms with Gasteiger partial charge < -0.3 is 16.3 Å². The van der Waals surface area contributed by atoms with Crippen LogP contribution in [0.25, 0.3) is 0 Å². The van der Waals surface area contributed by atoms with Crippen molar-refractivity contribution in [1.29, 1.82) is 0 Å². The maximum absolute atomic E-state index is 9.17. The third-order valence-corrected chi connectivity index (χ3v) is 0.167. The molecule has 0 fully saturated rings. The summed E-state index contributed by atoms with van der Waals surface area (Å²) in [5.74, 6) is 0. The van der Waals surface area contributed by atoms with Crippen LogP contribution in [0, 0.1) is 0 Å². The molecular weight excluding hydrogens is 108 g/mol. The smallest absolute Gasteiger partial charge is 0.309 e. The van der Waals surface area contributed by atoms with Crippen molar-refractivity contribution in [1.82, 2.24) is 0 Å². The van der Waals surface area contributed by atoms with Gasteiger partial charge in [-0.3, -0.25) is 0 Å². The van der Waals surface area contributed by atoms with Crippen molar-refractivity contribution in [2.45, 2.75) is 13.3 Å². The van der Waals surface area contributed by atoms with Gasteiger partial charge in [0.15, 0.2) is 0 Å². The van der Waals surface area contributed by atoms with Gasteiger partial charge in [0, 0.05) is 6.42 Å². The lowest BCUT2D eigenvalue weighted by Crippen LogP contribution is -2.18. The summed E-state index contributed by atoms with van der Waals surface area (Å²) in [6.07, 6.45) is 1.51. The van der Waals surface area contributed by atoms with Crippen molar-refractivity contribution in [3.63, 3.8) is 0 Å². The lowest BCUT2D eigenvalue weighted by Gasteiger charge is -1.62. The highest BCUT2D eigenvalue weighted by atomic mass is 16.2. The number of carbonyl (C=O) groups excluding carboxylic acids is 2. The van der Waals surface area contributed by atoms with Crippen LogP contribution in [-0.2, 0) is 4.79 Å². The average molecular weight is 118 g/mol. The molecular formula is C4H10N2O2. The fourth-order valence-electron chi connectivity index (χ4n) is 0. The molecule has 0 radical (unpaired) electrons. The van der Waals surface area contributed by atoms with Crippen LogP contribution in [0.5, 0.6) is 0 Å². The molecule has 0 spiro atoms. The SMILES string of the molecule is CCC=O.NC(N)=O. The van der Waals surface area contributed by atoms with Gasteiger partial charge in [-0.15, -0.1) is 0 Å². The Morgan fingerprint density at radius 2 is 1.75 bits per heavy atom. The first kappa shape index (κ1) is 10.0. The van der Waals surface area contributed by atoms with Crippen molar-refractivity contribution in [3.8, 4) is 0 Å². The van der Waals surface area contributed by atoms with Crippen molar-refractivity contribution in [2.75, 3.05) is 0 Å². The Balaban J connectivity index is 0. The predicted octanol–water partition coefficient (Wildman–Crippen LogP) is -0.381. The molecule has 0 unspecified atom stereocenters. The van der Waals surface area contributed by atoms with Crippen LogP contribution < -0.4 is 11.5 Å². The Kier molecular flexibility index (Phi) is 11.7. The molecule has 4 heteroatoms. The van der Waals surface area contributed by atoms with Crippen LogP contribution in [0.2, 0.25) is 0 Å². The Bertz CT molecular complexity index is 68.4. The van der Waals surface area contributed by atoms with E-state index in [-0.39, 0.29) is 0 Å². The molecule has 0 aliphatic rings. The third kappa shape index (κ3) is 21300. The summed E-state index contributed by atoms with van der Waals surface area (Å²) in [7, 11) is 0. The predicted molar refractivity (Wildman–Crippen MR) is 30.1 cm³/mol. The number of nitrogens with two attached hydrogens (primary N) is 2. The molecule has 0 aromatic heterocycles. The summed E-state index contributed by atoms with van der Waals surface area (Å²) < 4.78 is 0. The van der Waals surface area contributed by atoms with Gasteiger partial charge in [0.2, 0.25) is 0 Å². The normalized spacial score (nSPS) is 6.12. The zero-order valence-electron chi connectivity index (χ0n) is 4.76. The summed E-state index contributed by atoms with van der Waals surface area (Å²) in [5.41, 5.74) is 8.50. The largest absolute Gasteiger partial charge is 0.352 e. The van der Waals surface area contributed by atoms with Crippen LogP contribution in [0.1, 0.15) is 13.3 Å². The maximum Gasteiger partial charge on any atom is 0.309 e. The van der Waals surface area contributed by atoms with Crippen LogP contribution in [0.15, 0.2) is 0 Å². The summed E-state index contributed by atoms with van der Waals surface area (Å²) in [5, 5.41) is 0. The number of aldehydes is 1. The minimum atomic E-state index is -0.833. The molecule has 0 saturated heterocycles. The fraction of sp³-hybridized carbons (Fsp3) is 0.500. The molecule has 8 heavy (non-hydrogen) atoms. The molecule has 0 rings (SSSR count). The van der Waals surface area contributed by atoms with Crippen LogP contribution in [0.4, 0.5) is 4.79 Å². The summed E-state index contributed by atoms with van der Waals surface area (Å²) in [4.78, 5) is 18.2. The number of carbonyl (C=O) groups is 2. The van der Waals surface area contributed by atoms with Gasteiger partial charge in [-0.2, -0.15) is 0 Å². The number of urea groups is 1. The molecule has 0 atom stereocenters. The highest BCUT2D eigenvalue weighted by molar-refractivity contribution is 5.69. The number of amides is 2. The van der Waals surface area contributed by atoms with Crippen LogP contribution in [-0.4, -0.2) is 12.3 Å². The molecule has 4 N–H and O–H groups in total. The monoisotopic (exact) mass is 118 g/mol. The molecule has 0 bridgehead atoms. The van der Waals surface area contributed by atoms with Crippen molar-refractivity contribution in [3.05, 3.63) is 0 Å². The maximum atomic E-state index is 9.17. The van der Waals surface area contributed by atoms with E-state index < -0.39 is 6.03 Å². The minimum absolute atomic E-state index is 0.639. The molecule has 0 aromatic carbocycles. The van der Waals surface area contributed by atoms with E-state index in [4.69, 9.17) is 4.79 Å². The minimum Gasteiger partial charge on any atom is -0.352 e. The Hall–Kier alpha value is -1.06. The first-order valence-corrected chi connectivity index (χ1v) is 2.13. The molecule has 0 aliphatic heterocycles. The molecule has 48 valence electrons.